The van der Waals surface area contributed by atoms with Crippen LogP contribution in [0.4, 0.5) is 0 Å². The average Bonchev–Trinajstić information content (AvgIpc) is 1.81. The third-order valence-corrected chi connectivity index (χ3v) is 1.56. The second-order valence-corrected chi connectivity index (χ2v) is 2.96. The maximum Gasteiger partial charge on any atom is 0.138 e. The van der Waals surface area contributed by atoms with Crippen molar-refractivity contribution in [3.63, 3.8) is 0 Å². The van der Waals surface area contributed by atoms with Crippen LogP contribution >= 0.6 is 0 Å². The lowest BCUT2D eigenvalue weighted by molar-refractivity contribution is -0.110. The summed E-state index contributed by atoms with van der Waals surface area (Å²) in [5.74, 6) is -0.00426. The van der Waals surface area contributed by atoms with E-state index in [0.29, 0.717) is 6.29 Å². The van der Waals surface area contributed by atoms with Gasteiger partial charge in [0.2, 0.25) is 0 Å². The van der Waals surface area contributed by atoms with Gasteiger partial charge in [-0.2, -0.15) is 0 Å². The van der Waals surface area contributed by atoms with Crippen LogP contribution in [-0.4, -0.2) is 21.1 Å². The summed E-state index contributed by atoms with van der Waals surface area (Å²) in [7, 11) is 0. The first-order valence-electron chi connectivity index (χ1n) is 2.88. The highest BCUT2D eigenvalue weighted by molar-refractivity contribution is 7.77. The molecule has 0 heterocycles. The molecule has 0 amide bonds. The summed E-state index contributed by atoms with van der Waals surface area (Å²) >= 11 is -2.35. The van der Waals surface area contributed by atoms with E-state index in [2.05, 4.69) is 4.72 Å². The van der Waals surface area contributed by atoms with Gasteiger partial charge < -0.3 is 9.35 Å². The topological polar surface area (TPSA) is 69.2 Å². The molecule has 2 atom stereocenters. The Labute approximate surface area is 62.4 Å². The Morgan fingerprint density at radius 1 is 1.60 bits per heavy atom. The van der Waals surface area contributed by atoms with E-state index < -0.39 is 17.3 Å². The van der Waals surface area contributed by atoms with Crippen LogP contribution in [0.1, 0.15) is 13.8 Å². The molecule has 5 heteroatoms. The lowest BCUT2D eigenvalue weighted by Crippen LogP contribution is -2.36. The zero-order chi connectivity index (χ0) is 8.15. The highest BCUT2D eigenvalue weighted by Crippen LogP contribution is 1.97. The number of hydrogen-bond acceptors (Lipinski definition) is 3. The quantitative estimate of drug-likeness (QED) is 0.453. The molecule has 0 fully saturated rings. The molecular formula is C5H10NO3S-. The van der Waals surface area contributed by atoms with Crippen LogP contribution in [0, 0.1) is 5.92 Å². The summed E-state index contributed by atoms with van der Waals surface area (Å²) in [6, 6.07) is -0.599. The van der Waals surface area contributed by atoms with Gasteiger partial charge in [-0.05, 0) is 5.92 Å². The van der Waals surface area contributed by atoms with Crippen LogP contribution in [0.5, 0.6) is 0 Å². The number of hydrogen-bond donors (Lipinski definition) is 1. The first kappa shape index (κ1) is 9.74. The third kappa shape index (κ3) is 3.71. The minimum Gasteiger partial charge on any atom is -0.760 e. The van der Waals surface area contributed by atoms with Gasteiger partial charge in [-0.15, -0.1) is 0 Å². The zero-order valence-electron chi connectivity index (χ0n) is 5.87. The summed E-state index contributed by atoms with van der Waals surface area (Å²) in [4.78, 5) is 10.1. The van der Waals surface area contributed by atoms with Gasteiger partial charge in [0.1, 0.15) is 6.29 Å². The molecule has 4 nitrogen and oxygen atoms in total. The molecule has 0 rings (SSSR count). The van der Waals surface area contributed by atoms with Crippen LogP contribution in [-0.2, 0) is 16.1 Å². The Balaban J connectivity index is 3.83. The van der Waals surface area contributed by atoms with Crippen LogP contribution in [0.15, 0.2) is 0 Å². The minimum absolute atomic E-state index is 0.00426. The molecule has 0 aromatic carbocycles. The van der Waals surface area contributed by atoms with Gasteiger partial charge in [-0.1, -0.05) is 13.8 Å². The van der Waals surface area contributed by atoms with Crippen molar-refractivity contribution in [1.82, 2.24) is 4.72 Å². The smallest absolute Gasteiger partial charge is 0.138 e. The first-order chi connectivity index (χ1) is 4.57. The Bertz CT molecular complexity index is 137. The van der Waals surface area contributed by atoms with Crippen molar-refractivity contribution >= 4 is 17.6 Å². The Kier molecular flexibility index (Phi) is 4.42. The van der Waals surface area contributed by atoms with Gasteiger partial charge >= 0.3 is 0 Å². The predicted molar refractivity (Wildman–Crippen MR) is 36.7 cm³/mol. The molecule has 0 spiro atoms. The molecule has 0 saturated carbocycles. The van der Waals surface area contributed by atoms with Crippen molar-refractivity contribution in [2.45, 2.75) is 19.9 Å². The predicted octanol–water partition coefficient (Wildman–Crippen LogP) is -0.406. The molecule has 1 N–H and O–H groups in total. The molecule has 0 aromatic heterocycles. The fourth-order valence-electron chi connectivity index (χ4n) is 0.432. The Morgan fingerprint density at radius 3 is 2.20 bits per heavy atom. The van der Waals surface area contributed by atoms with E-state index in [1.807, 2.05) is 0 Å². The van der Waals surface area contributed by atoms with Crippen molar-refractivity contribution in [3.8, 4) is 0 Å². The summed E-state index contributed by atoms with van der Waals surface area (Å²) in [6.07, 6.45) is 0.584. The molecule has 0 saturated heterocycles. The highest BCUT2D eigenvalue weighted by Gasteiger charge is 2.10. The third-order valence-electron chi connectivity index (χ3n) is 1.10. The Morgan fingerprint density at radius 2 is 2.10 bits per heavy atom. The molecule has 0 radical (unpaired) electrons. The lowest BCUT2D eigenvalue weighted by Gasteiger charge is -2.16. The molecule has 0 aliphatic carbocycles. The van der Waals surface area contributed by atoms with Crippen molar-refractivity contribution in [3.05, 3.63) is 0 Å². The fourth-order valence-corrected chi connectivity index (χ4v) is 0.982. The van der Waals surface area contributed by atoms with Gasteiger partial charge in [0.05, 0.1) is 6.04 Å². The van der Waals surface area contributed by atoms with E-state index in [1.54, 1.807) is 13.8 Å². The van der Waals surface area contributed by atoms with Gasteiger partial charge in [-0.3, -0.25) is 4.21 Å². The van der Waals surface area contributed by atoms with Gasteiger partial charge in [0.15, 0.2) is 0 Å². The van der Waals surface area contributed by atoms with E-state index in [0.717, 1.165) is 0 Å². The second kappa shape index (κ2) is 4.54. The number of carbonyl (C=O) groups excluding carboxylic acids is 1. The van der Waals surface area contributed by atoms with E-state index in [9.17, 15) is 13.6 Å². The maximum atomic E-state index is 10.1. The highest BCUT2D eigenvalue weighted by atomic mass is 32.2. The van der Waals surface area contributed by atoms with E-state index >= 15 is 0 Å². The van der Waals surface area contributed by atoms with Gasteiger partial charge in [0.25, 0.3) is 0 Å². The monoisotopic (exact) mass is 164 g/mol. The molecule has 0 aliphatic rings. The average molecular weight is 164 g/mol. The Hall–Kier alpha value is -0.260. The van der Waals surface area contributed by atoms with E-state index in [1.165, 1.54) is 0 Å². The van der Waals surface area contributed by atoms with E-state index in [-0.39, 0.29) is 5.92 Å². The van der Waals surface area contributed by atoms with Crippen LogP contribution < -0.4 is 4.72 Å². The summed E-state index contributed by atoms with van der Waals surface area (Å²) in [5, 5.41) is 0. The normalized spacial score (nSPS) is 16.8. The number of aldehydes is 1. The number of nitrogens with one attached hydrogen (secondary N) is 1. The first-order valence-corrected chi connectivity index (χ1v) is 3.96. The SMILES string of the molecule is CC(C)C(C=O)NS(=O)[O-]. The van der Waals surface area contributed by atoms with E-state index in [4.69, 9.17) is 0 Å². The number of carbonyl (C=O) groups is 1. The molecule has 10 heavy (non-hydrogen) atoms. The summed E-state index contributed by atoms with van der Waals surface area (Å²) in [5.41, 5.74) is 0. The largest absolute Gasteiger partial charge is 0.760 e. The second-order valence-electron chi connectivity index (χ2n) is 2.26. The maximum absolute atomic E-state index is 10.1. The molecule has 0 aromatic rings. The molecule has 0 bridgehead atoms. The van der Waals surface area contributed by atoms with Crippen LogP contribution in [0.2, 0.25) is 0 Å². The standard InChI is InChI=1S/C5H11NO3S/c1-4(2)5(3-7)6-10(8)9/h3-6H,1-2H3,(H,8,9)/p-1. The zero-order valence-corrected chi connectivity index (χ0v) is 6.68. The lowest BCUT2D eigenvalue weighted by atomic mass is 10.1. The number of rotatable bonds is 4. The summed E-state index contributed by atoms with van der Waals surface area (Å²) in [6.45, 7) is 3.53. The van der Waals surface area contributed by atoms with Crippen LogP contribution in [0.25, 0.3) is 0 Å². The fraction of sp³-hybridized carbons (Fsp3) is 0.800. The van der Waals surface area contributed by atoms with Crippen molar-refractivity contribution in [1.29, 1.82) is 0 Å². The summed E-state index contributed by atoms with van der Waals surface area (Å²) < 4.78 is 22.1. The molecular weight excluding hydrogens is 154 g/mol. The van der Waals surface area contributed by atoms with Crippen molar-refractivity contribution < 1.29 is 13.6 Å². The molecule has 0 aliphatic heterocycles. The van der Waals surface area contributed by atoms with Crippen molar-refractivity contribution in [2.75, 3.05) is 0 Å². The minimum atomic E-state index is -2.35. The van der Waals surface area contributed by atoms with Crippen LogP contribution in [0.3, 0.4) is 0 Å². The molecule has 2 unspecified atom stereocenters. The molecule has 60 valence electrons. The van der Waals surface area contributed by atoms with Crippen molar-refractivity contribution in [2.24, 2.45) is 5.92 Å². The van der Waals surface area contributed by atoms with Gasteiger partial charge in [0, 0.05) is 11.3 Å². The van der Waals surface area contributed by atoms with Gasteiger partial charge in [-0.25, -0.2) is 4.72 Å².